The first kappa shape index (κ1) is 26.3. The summed E-state index contributed by atoms with van der Waals surface area (Å²) < 4.78 is 12.2. The van der Waals surface area contributed by atoms with Gasteiger partial charge in [0.2, 0.25) is 11.8 Å². The van der Waals surface area contributed by atoms with Crippen molar-refractivity contribution in [1.29, 1.82) is 0 Å². The molecule has 0 radical (unpaired) electrons. The smallest absolute Gasteiger partial charge is 0.306 e. The lowest BCUT2D eigenvalue weighted by Crippen LogP contribution is -2.36. The maximum atomic E-state index is 11.3. The van der Waals surface area contributed by atoms with Crippen molar-refractivity contribution >= 4 is 11.7 Å². The highest BCUT2D eigenvalue weighted by molar-refractivity contribution is 5.71. The highest BCUT2D eigenvalue weighted by Gasteiger charge is 2.28. The molecule has 1 saturated carbocycles. The molecule has 1 aromatic heterocycles. The third kappa shape index (κ3) is 6.77. The van der Waals surface area contributed by atoms with Crippen LogP contribution in [0.3, 0.4) is 0 Å². The summed E-state index contributed by atoms with van der Waals surface area (Å²) in [5, 5.41) is 9.31. The zero-order valence-corrected chi connectivity index (χ0v) is 22.2. The van der Waals surface area contributed by atoms with Gasteiger partial charge in [0.25, 0.3) is 0 Å². The quantitative estimate of drug-likeness (QED) is 0.242. The minimum Gasteiger partial charge on any atom is -0.481 e. The molecule has 1 fully saturated rings. The van der Waals surface area contributed by atoms with Crippen molar-refractivity contribution in [3.63, 3.8) is 0 Å². The standard InChI is InChI=1S/C33H34N2O4/c1-35(29-18-14-27(15-19-29)33(36)37)28-16-12-26(13-17-28)30-20-21-31(38-22-24-8-4-2-5-9-24)34-32(30)39-23-25-10-6-3-7-11-25/h2-13,16-17,20-21,27,29H,14-15,18-19,22-23H2,1H3,(H,36,37). The van der Waals surface area contributed by atoms with Crippen molar-refractivity contribution in [2.75, 3.05) is 11.9 Å². The van der Waals surface area contributed by atoms with Crippen molar-refractivity contribution in [1.82, 2.24) is 4.98 Å². The van der Waals surface area contributed by atoms with E-state index in [0.29, 0.717) is 31.0 Å². The number of aliphatic carboxylic acids is 1. The van der Waals surface area contributed by atoms with Crippen LogP contribution in [0.25, 0.3) is 11.1 Å². The number of nitrogens with zero attached hydrogens (tertiary/aromatic N) is 2. The molecular weight excluding hydrogens is 488 g/mol. The number of hydrogen-bond donors (Lipinski definition) is 1. The monoisotopic (exact) mass is 522 g/mol. The fourth-order valence-electron chi connectivity index (χ4n) is 5.09. The van der Waals surface area contributed by atoms with E-state index in [1.807, 2.05) is 72.8 Å². The van der Waals surface area contributed by atoms with E-state index in [-0.39, 0.29) is 5.92 Å². The molecule has 1 aliphatic carbocycles. The zero-order chi connectivity index (χ0) is 27.0. The van der Waals surface area contributed by atoms with Gasteiger partial charge in [-0.25, -0.2) is 0 Å². The van der Waals surface area contributed by atoms with E-state index in [9.17, 15) is 9.90 Å². The molecule has 3 aromatic carbocycles. The minimum atomic E-state index is -0.671. The Balaban J connectivity index is 1.33. The normalized spacial score (nSPS) is 16.8. The lowest BCUT2D eigenvalue weighted by Gasteiger charge is -2.35. The van der Waals surface area contributed by atoms with E-state index in [4.69, 9.17) is 14.5 Å². The molecule has 0 bridgehead atoms. The maximum Gasteiger partial charge on any atom is 0.306 e. The number of benzene rings is 3. The SMILES string of the molecule is CN(c1ccc(-c2ccc(OCc3ccccc3)nc2OCc2ccccc2)cc1)C1CCC(C(=O)O)CC1. The second-order valence-electron chi connectivity index (χ2n) is 10.1. The summed E-state index contributed by atoms with van der Waals surface area (Å²) in [7, 11) is 2.09. The number of anilines is 1. The van der Waals surface area contributed by atoms with Gasteiger partial charge in [0.15, 0.2) is 0 Å². The maximum absolute atomic E-state index is 11.3. The number of hydrogen-bond acceptors (Lipinski definition) is 5. The van der Waals surface area contributed by atoms with E-state index in [1.54, 1.807) is 0 Å². The van der Waals surface area contributed by atoms with Crippen molar-refractivity contribution in [3.05, 3.63) is 108 Å². The van der Waals surface area contributed by atoms with Crippen LogP contribution in [0.15, 0.2) is 97.1 Å². The molecule has 1 aliphatic rings. The number of rotatable bonds is 10. The second kappa shape index (κ2) is 12.5. The Morgan fingerprint density at radius 3 is 1.97 bits per heavy atom. The van der Waals surface area contributed by atoms with Gasteiger partial charge in [0, 0.05) is 30.4 Å². The molecule has 1 heterocycles. The van der Waals surface area contributed by atoms with Crippen LogP contribution < -0.4 is 14.4 Å². The number of ether oxygens (including phenoxy) is 2. The van der Waals surface area contributed by atoms with Gasteiger partial charge in [0.05, 0.1) is 5.92 Å². The molecule has 0 saturated heterocycles. The average molecular weight is 523 g/mol. The number of aromatic nitrogens is 1. The van der Waals surface area contributed by atoms with Crippen molar-refractivity contribution < 1.29 is 19.4 Å². The molecule has 0 amide bonds. The number of pyridine rings is 1. The Kier molecular flexibility index (Phi) is 8.42. The number of carboxylic acids is 1. The van der Waals surface area contributed by atoms with Gasteiger partial charge >= 0.3 is 5.97 Å². The van der Waals surface area contributed by atoms with Gasteiger partial charge in [-0.1, -0.05) is 72.8 Å². The molecule has 6 nitrogen and oxygen atoms in total. The van der Waals surface area contributed by atoms with Crippen LogP contribution in [0.2, 0.25) is 0 Å². The zero-order valence-electron chi connectivity index (χ0n) is 22.2. The molecule has 6 heteroatoms. The summed E-state index contributed by atoms with van der Waals surface area (Å²) >= 11 is 0. The molecule has 5 rings (SSSR count). The van der Waals surface area contributed by atoms with Crippen LogP contribution in [0.4, 0.5) is 5.69 Å². The van der Waals surface area contributed by atoms with Crippen LogP contribution in [-0.4, -0.2) is 29.1 Å². The van der Waals surface area contributed by atoms with Gasteiger partial charge in [0.1, 0.15) is 13.2 Å². The first-order valence-electron chi connectivity index (χ1n) is 13.5. The van der Waals surface area contributed by atoms with Crippen LogP contribution in [-0.2, 0) is 18.0 Å². The second-order valence-corrected chi connectivity index (χ2v) is 10.1. The summed E-state index contributed by atoms with van der Waals surface area (Å²) in [6, 6.07) is 32.7. The molecule has 39 heavy (non-hydrogen) atoms. The first-order valence-corrected chi connectivity index (χ1v) is 13.5. The van der Waals surface area contributed by atoms with Crippen LogP contribution >= 0.6 is 0 Å². The van der Waals surface area contributed by atoms with Crippen molar-refractivity contribution in [2.24, 2.45) is 5.92 Å². The van der Waals surface area contributed by atoms with E-state index < -0.39 is 5.97 Å². The van der Waals surface area contributed by atoms with Crippen LogP contribution in [0, 0.1) is 5.92 Å². The predicted octanol–water partition coefficient (Wildman–Crippen LogP) is 6.99. The van der Waals surface area contributed by atoms with Gasteiger partial charge in [-0.3, -0.25) is 4.79 Å². The molecule has 4 aromatic rings. The van der Waals surface area contributed by atoms with Gasteiger partial charge in [-0.15, -0.1) is 0 Å². The first-order chi connectivity index (χ1) is 19.1. The van der Waals surface area contributed by atoms with E-state index >= 15 is 0 Å². The van der Waals surface area contributed by atoms with Gasteiger partial charge in [-0.05, 0) is 60.6 Å². The Morgan fingerprint density at radius 2 is 1.38 bits per heavy atom. The fraction of sp³-hybridized carbons (Fsp3) is 0.273. The highest BCUT2D eigenvalue weighted by atomic mass is 16.5. The van der Waals surface area contributed by atoms with Crippen molar-refractivity contribution in [3.8, 4) is 22.9 Å². The van der Waals surface area contributed by atoms with Crippen molar-refractivity contribution in [2.45, 2.75) is 44.9 Å². The Morgan fingerprint density at radius 1 is 0.795 bits per heavy atom. The molecule has 0 unspecified atom stereocenters. The Bertz CT molecular complexity index is 1350. The van der Waals surface area contributed by atoms with Crippen LogP contribution in [0.1, 0.15) is 36.8 Å². The van der Waals surface area contributed by atoms with E-state index in [1.165, 1.54) is 0 Å². The molecule has 0 aliphatic heterocycles. The van der Waals surface area contributed by atoms with Gasteiger partial charge in [-0.2, -0.15) is 4.98 Å². The Labute approximate surface area is 229 Å². The highest BCUT2D eigenvalue weighted by Crippen LogP contribution is 2.34. The molecule has 200 valence electrons. The topological polar surface area (TPSA) is 71.9 Å². The number of carbonyl (C=O) groups is 1. The third-order valence-electron chi connectivity index (χ3n) is 7.46. The van der Waals surface area contributed by atoms with E-state index in [2.05, 4.69) is 36.2 Å². The lowest BCUT2D eigenvalue weighted by atomic mass is 9.85. The van der Waals surface area contributed by atoms with Crippen LogP contribution in [0.5, 0.6) is 11.8 Å². The summed E-state index contributed by atoms with van der Waals surface area (Å²) in [6.45, 7) is 0.837. The summed E-state index contributed by atoms with van der Waals surface area (Å²) in [4.78, 5) is 18.3. The third-order valence-corrected chi connectivity index (χ3v) is 7.46. The minimum absolute atomic E-state index is 0.210. The summed E-state index contributed by atoms with van der Waals surface area (Å²) in [6.07, 6.45) is 3.24. The summed E-state index contributed by atoms with van der Waals surface area (Å²) in [5.41, 5.74) is 5.16. The largest absolute Gasteiger partial charge is 0.481 e. The summed E-state index contributed by atoms with van der Waals surface area (Å²) in [5.74, 6) is 0.158. The average Bonchev–Trinajstić information content (AvgIpc) is 3.00. The predicted molar refractivity (Wildman–Crippen MR) is 153 cm³/mol. The fourth-order valence-corrected chi connectivity index (χ4v) is 5.09. The molecule has 0 spiro atoms. The lowest BCUT2D eigenvalue weighted by molar-refractivity contribution is -0.142. The van der Waals surface area contributed by atoms with E-state index in [0.717, 1.165) is 53.6 Å². The molecular formula is C33H34N2O4. The van der Waals surface area contributed by atoms with Gasteiger partial charge < -0.3 is 19.5 Å². The molecule has 0 atom stereocenters. The Hall–Kier alpha value is -4.32. The molecule has 1 N–H and O–H groups in total. The number of carboxylic acid groups (broad SMARTS) is 1.